The molecule has 2 heteroatoms. The van der Waals surface area contributed by atoms with E-state index in [1.54, 1.807) is 0 Å². The van der Waals surface area contributed by atoms with Gasteiger partial charge in [0.15, 0.2) is 0 Å². The van der Waals surface area contributed by atoms with Gasteiger partial charge in [-0.25, -0.2) is 0 Å². The number of anilines is 1. The van der Waals surface area contributed by atoms with Gasteiger partial charge in [0.25, 0.3) is 0 Å². The van der Waals surface area contributed by atoms with Gasteiger partial charge in [0, 0.05) is 19.3 Å². The summed E-state index contributed by atoms with van der Waals surface area (Å²) in [5.74, 6) is 0. The third-order valence-corrected chi connectivity index (χ3v) is 4.63. The maximum atomic E-state index is 2.58. The molecule has 2 aromatic heterocycles. The Bertz CT molecular complexity index is 750. The molecule has 0 radical (unpaired) electrons. The van der Waals surface area contributed by atoms with E-state index < -0.39 is 0 Å². The van der Waals surface area contributed by atoms with E-state index in [0.29, 0.717) is 0 Å². The summed E-state index contributed by atoms with van der Waals surface area (Å²) in [5.41, 5.74) is 5.23. The van der Waals surface area contributed by atoms with Gasteiger partial charge in [-0.3, -0.25) is 0 Å². The van der Waals surface area contributed by atoms with Crippen molar-refractivity contribution >= 4 is 11.2 Å². The number of hydrogen-bond acceptors (Lipinski definition) is 1. The molecule has 0 N–H and O–H groups in total. The largest absolute Gasteiger partial charge is 0.370 e. The van der Waals surface area contributed by atoms with Gasteiger partial charge in [0.1, 0.15) is 0 Å². The van der Waals surface area contributed by atoms with Gasteiger partial charge in [-0.2, -0.15) is 0 Å². The fourth-order valence-electron chi connectivity index (χ4n) is 3.27. The molecule has 2 nitrogen and oxygen atoms in total. The fraction of sp³-hybridized carbons (Fsp3) is 0.364. The number of aromatic nitrogens is 1. The molecule has 3 aromatic rings. The lowest BCUT2D eigenvalue weighted by molar-refractivity contribution is 0.680. The highest BCUT2D eigenvalue weighted by atomic mass is 15.1. The smallest absolute Gasteiger partial charge is 0.0690 e. The first-order chi connectivity index (χ1) is 11.8. The minimum absolute atomic E-state index is 1.14. The molecule has 0 aliphatic carbocycles. The molecule has 0 bridgehead atoms. The first-order valence-corrected chi connectivity index (χ1v) is 9.25. The molecule has 0 aliphatic heterocycles. The van der Waals surface area contributed by atoms with Gasteiger partial charge in [-0.05, 0) is 36.6 Å². The van der Waals surface area contributed by atoms with Crippen LogP contribution in [-0.4, -0.2) is 17.5 Å². The van der Waals surface area contributed by atoms with Crippen LogP contribution in [0.3, 0.4) is 0 Å². The number of unbranched alkanes of at least 4 members (excludes halogenated alkanes) is 2. The highest BCUT2D eigenvalue weighted by Gasteiger charge is 2.15. The second-order valence-corrected chi connectivity index (χ2v) is 6.43. The number of nitrogens with zero attached hydrogens (tertiary/aromatic N) is 2. The minimum Gasteiger partial charge on any atom is -0.370 e. The van der Waals surface area contributed by atoms with Gasteiger partial charge in [-0.1, -0.05) is 63.1 Å². The van der Waals surface area contributed by atoms with Crippen molar-refractivity contribution in [2.45, 2.75) is 39.5 Å². The zero-order valence-corrected chi connectivity index (χ0v) is 14.9. The van der Waals surface area contributed by atoms with Crippen LogP contribution in [0.4, 0.5) is 5.69 Å². The molecule has 3 rings (SSSR count). The summed E-state index contributed by atoms with van der Waals surface area (Å²) in [6, 6.07) is 19.6. The minimum atomic E-state index is 1.14. The summed E-state index contributed by atoms with van der Waals surface area (Å²) < 4.78 is 2.33. The Balaban J connectivity index is 2.06. The van der Waals surface area contributed by atoms with E-state index in [1.807, 2.05) is 0 Å². The van der Waals surface area contributed by atoms with Crippen molar-refractivity contribution in [3.63, 3.8) is 0 Å². The summed E-state index contributed by atoms with van der Waals surface area (Å²) >= 11 is 0. The molecule has 0 amide bonds. The van der Waals surface area contributed by atoms with Crippen LogP contribution < -0.4 is 4.90 Å². The molecule has 0 aliphatic rings. The number of benzene rings is 1. The molecule has 2 heterocycles. The second-order valence-electron chi connectivity index (χ2n) is 6.43. The van der Waals surface area contributed by atoms with Crippen LogP contribution in [0.25, 0.3) is 16.8 Å². The maximum Gasteiger partial charge on any atom is 0.0690 e. The Hall–Kier alpha value is -2.22. The van der Waals surface area contributed by atoms with E-state index >= 15 is 0 Å². The van der Waals surface area contributed by atoms with Gasteiger partial charge < -0.3 is 9.30 Å². The van der Waals surface area contributed by atoms with Gasteiger partial charge in [-0.15, -0.1) is 0 Å². The summed E-state index contributed by atoms with van der Waals surface area (Å²) in [7, 11) is 0. The Morgan fingerprint density at radius 1 is 0.833 bits per heavy atom. The SMILES string of the molecule is CCCCN(CCCC)c1cc(-c2ccccc2)n2ccccc12. The summed E-state index contributed by atoms with van der Waals surface area (Å²) in [6.07, 6.45) is 7.14. The van der Waals surface area contributed by atoms with Crippen molar-refractivity contribution in [1.29, 1.82) is 0 Å². The van der Waals surface area contributed by atoms with Crippen LogP contribution >= 0.6 is 0 Å². The summed E-state index contributed by atoms with van der Waals surface area (Å²) in [5, 5.41) is 0. The highest BCUT2D eigenvalue weighted by molar-refractivity contribution is 5.82. The van der Waals surface area contributed by atoms with E-state index in [-0.39, 0.29) is 0 Å². The second kappa shape index (κ2) is 8.05. The Morgan fingerprint density at radius 2 is 1.50 bits per heavy atom. The zero-order chi connectivity index (χ0) is 16.8. The van der Waals surface area contributed by atoms with E-state index in [4.69, 9.17) is 0 Å². The molecule has 0 spiro atoms. The first-order valence-electron chi connectivity index (χ1n) is 9.25. The Labute approximate surface area is 145 Å². The molecule has 0 fully saturated rings. The van der Waals surface area contributed by atoms with Crippen molar-refractivity contribution in [2.24, 2.45) is 0 Å². The topological polar surface area (TPSA) is 7.65 Å². The van der Waals surface area contributed by atoms with E-state index in [1.165, 1.54) is 48.1 Å². The molecule has 0 saturated carbocycles. The number of hydrogen-bond donors (Lipinski definition) is 0. The normalized spacial score (nSPS) is 11.1. The van der Waals surface area contributed by atoms with Crippen LogP contribution in [0, 0.1) is 0 Å². The predicted octanol–water partition coefficient (Wildman–Crippen LogP) is 6.01. The quantitative estimate of drug-likeness (QED) is 0.493. The van der Waals surface area contributed by atoms with E-state index in [2.05, 4.69) is 83.9 Å². The Kier molecular flexibility index (Phi) is 5.58. The van der Waals surface area contributed by atoms with Crippen LogP contribution in [0.15, 0.2) is 60.8 Å². The van der Waals surface area contributed by atoms with Crippen LogP contribution in [0.2, 0.25) is 0 Å². The molecule has 126 valence electrons. The molecular weight excluding hydrogens is 292 g/mol. The molecular formula is C22H28N2. The monoisotopic (exact) mass is 320 g/mol. The average molecular weight is 320 g/mol. The van der Waals surface area contributed by atoms with Crippen LogP contribution in [0.5, 0.6) is 0 Å². The lowest BCUT2D eigenvalue weighted by atomic mass is 10.1. The standard InChI is InChI=1S/C22H28N2/c1-3-5-15-23(16-6-4-2)22-18-21(19-12-8-7-9-13-19)24-17-11-10-14-20(22)24/h7-14,17-18H,3-6,15-16H2,1-2H3. The lowest BCUT2D eigenvalue weighted by Gasteiger charge is -2.24. The van der Waals surface area contributed by atoms with Crippen molar-refractivity contribution in [1.82, 2.24) is 4.40 Å². The third-order valence-electron chi connectivity index (χ3n) is 4.63. The molecule has 1 aromatic carbocycles. The van der Waals surface area contributed by atoms with Crippen molar-refractivity contribution < 1.29 is 0 Å². The molecule has 0 atom stereocenters. The summed E-state index contributed by atoms with van der Waals surface area (Å²) in [6.45, 7) is 6.81. The molecule has 0 unspecified atom stereocenters. The average Bonchev–Trinajstić information content (AvgIpc) is 3.02. The van der Waals surface area contributed by atoms with Crippen LogP contribution in [0.1, 0.15) is 39.5 Å². The van der Waals surface area contributed by atoms with Gasteiger partial charge in [0.05, 0.1) is 16.9 Å². The summed E-state index contributed by atoms with van der Waals surface area (Å²) in [4.78, 5) is 2.58. The van der Waals surface area contributed by atoms with Crippen LogP contribution in [-0.2, 0) is 0 Å². The van der Waals surface area contributed by atoms with Gasteiger partial charge in [0.2, 0.25) is 0 Å². The fourth-order valence-corrected chi connectivity index (χ4v) is 3.27. The number of rotatable bonds is 8. The van der Waals surface area contributed by atoms with E-state index in [9.17, 15) is 0 Å². The third kappa shape index (κ3) is 3.48. The lowest BCUT2D eigenvalue weighted by Crippen LogP contribution is -2.25. The maximum absolute atomic E-state index is 2.58. The van der Waals surface area contributed by atoms with Crippen molar-refractivity contribution in [2.75, 3.05) is 18.0 Å². The molecule has 0 saturated heterocycles. The predicted molar refractivity (Wildman–Crippen MR) is 105 cm³/mol. The molecule has 24 heavy (non-hydrogen) atoms. The number of pyridine rings is 1. The Morgan fingerprint density at radius 3 is 2.17 bits per heavy atom. The number of fused-ring (bicyclic) bond motifs is 1. The van der Waals surface area contributed by atoms with Crippen molar-refractivity contribution in [3.05, 3.63) is 60.8 Å². The van der Waals surface area contributed by atoms with Gasteiger partial charge >= 0.3 is 0 Å². The zero-order valence-electron chi connectivity index (χ0n) is 14.9. The van der Waals surface area contributed by atoms with Crippen molar-refractivity contribution in [3.8, 4) is 11.3 Å². The highest BCUT2D eigenvalue weighted by Crippen LogP contribution is 2.32. The first kappa shape index (κ1) is 16.6. The van der Waals surface area contributed by atoms with E-state index in [0.717, 1.165) is 13.1 Å².